The first kappa shape index (κ1) is 12.8. The van der Waals surface area contributed by atoms with Gasteiger partial charge >= 0.3 is 0 Å². The third-order valence-corrected chi connectivity index (χ3v) is 3.19. The highest BCUT2D eigenvalue weighted by Gasteiger charge is 2.14. The van der Waals surface area contributed by atoms with Crippen molar-refractivity contribution in [3.05, 3.63) is 55.0 Å². The van der Waals surface area contributed by atoms with Crippen molar-refractivity contribution < 1.29 is 4.79 Å². The standard InChI is InChI=1S/C16H17NO/c1-3-16(18)15(17-2)11-12-8-9-13-6-4-5-7-14(13)10-12/h1,4-10,15,17H,3,11H2,2H3. The van der Waals surface area contributed by atoms with E-state index in [9.17, 15) is 4.79 Å². The molecular formula is C16H17NO. The second kappa shape index (κ2) is 5.78. The zero-order chi connectivity index (χ0) is 13.0. The van der Waals surface area contributed by atoms with Crippen molar-refractivity contribution in [2.24, 2.45) is 0 Å². The van der Waals surface area contributed by atoms with Crippen LogP contribution in [0.5, 0.6) is 0 Å². The van der Waals surface area contributed by atoms with Gasteiger partial charge in [0.25, 0.3) is 0 Å². The Morgan fingerprint density at radius 1 is 1.22 bits per heavy atom. The lowest BCUT2D eigenvalue weighted by Crippen LogP contribution is -2.35. The van der Waals surface area contributed by atoms with E-state index < -0.39 is 0 Å². The monoisotopic (exact) mass is 239 g/mol. The lowest BCUT2D eigenvalue weighted by atomic mass is 9.99. The molecule has 2 radical (unpaired) electrons. The van der Waals surface area contributed by atoms with Crippen LogP contribution in [0.3, 0.4) is 0 Å². The lowest BCUT2D eigenvalue weighted by Gasteiger charge is -2.14. The Hall–Kier alpha value is -1.67. The number of likely N-dealkylation sites (N-methyl/N-ethyl adjacent to an activating group) is 1. The highest BCUT2D eigenvalue weighted by atomic mass is 16.1. The molecule has 0 fully saturated rings. The molecule has 0 saturated heterocycles. The number of nitrogens with one attached hydrogen (secondary N) is 1. The topological polar surface area (TPSA) is 29.1 Å². The number of fused-ring (bicyclic) bond motifs is 1. The van der Waals surface area contributed by atoms with Gasteiger partial charge in [0.2, 0.25) is 0 Å². The molecule has 0 aliphatic rings. The van der Waals surface area contributed by atoms with Crippen molar-refractivity contribution >= 4 is 16.6 Å². The van der Waals surface area contributed by atoms with Gasteiger partial charge in [0.05, 0.1) is 6.04 Å². The van der Waals surface area contributed by atoms with E-state index in [2.05, 4.69) is 35.6 Å². The molecule has 0 spiro atoms. The number of hydrogen-bond acceptors (Lipinski definition) is 2. The molecule has 1 unspecified atom stereocenters. The third kappa shape index (κ3) is 2.77. The molecule has 0 aliphatic carbocycles. The minimum atomic E-state index is -0.198. The first-order valence-corrected chi connectivity index (χ1v) is 6.12. The van der Waals surface area contributed by atoms with E-state index in [-0.39, 0.29) is 18.2 Å². The molecule has 0 aromatic heterocycles. The SMILES string of the molecule is [CH]CC(=O)C(Cc1ccc2ccccc2c1)NC. The first-order valence-electron chi connectivity index (χ1n) is 6.12. The molecule has 92 valence electrons. The van der Waals surface area contributed by atoms with Crippen LogP contribution in [0, 0.1) is 6.92 Å². The maximum atomic E-state index is 11.6. The Morgan fingerprint density at radius 2 is 1.94 bits per heavy atom. The summed E-state index contributed by atoms with van der Waals surface area (Å²) >= 11 is 0. The number of Topliss-reactive ketones (excluding diaryl/α,β-unsaturated/α-hetero) is 1. The number of carbonyl (C=O) groups is 1. The minimum Gasteiger partial charge on any atom is -0.310 e. The molecule has 0 bridgehead atoms. The highest BCUT2D eigenvalue weighted by molar-refractivity contribution is 5.86. The van der Waals surface area contributed by atoms with Gasteiger partial charge in [-0.25, -0.2) is 0 Å². The predicted molar refractivity (Wildman–Crippen MR) is 74.4 cm³/mol. The number of ketones is 1. The largest absolute Gasteiger partial charge is 0.310 e. The maximum absolute atomic E-state index is 11.6. The van der Waals surface area contributed by atoms with Crippen molar-refractivity contribution in [2.75, 3.05) is 7.05 Å². The predicted octanol–water partition coefficient (Wildman–Crippen LogP) is 2.64. The summed E-state index contributed by atoms with van der Waals surface area (Å²) < 4.78 is 0. The average molecular weight is 239 g/mol. The Kier molecular flexibility index (Phi) is 4.11. The summed E-state index contributed by atoms with van der Waals surface area (Å²) in [6.07, 6.45) is 0.760. The summed E-state index contributed by atoms with van der Waals surface area (Å²) in [5.74, 6) is 0.0469. The fourth-order valence-corrected chi connectivity index (χ4v) is 2.12. The number of carbonyl (C=O) groups excluding carboxylic acids is 1. The Bertz CT molecular complexity index is 548. The van der Waals surface area contributed by atoms with Crippen molar-refractivity contribution in [3.8, 4) is 0 Å². The quantitative estimate of drug-likeness (QED) is 0.869. The van der Waals surface area contributed by atoms with Crippen molar-refractivity contribution in [3.63, 3.8) is 0 Å². The summed E-state index contributed by atoms with van der Waals surface area (Å²) in [6.45, 7) is 5.40. The van der Waals surface area contributed by atoms with Crippen molar-refractivity contribution in [2.45, 2.75) is 18.9 Å². The molecule has 2 aromatic rings. The Balaban J connectivity index is 2.23. The zero-order valence-corrected chi connectivity index (χ0v) is 10.5. The molecule has 0 saturated carbocycles. The van der Waals surface area contributed by atoms with Crippen LogP contribution in [0.4, 0.5) is 0 Å². The van der Waals surface area contributed by atoms with E-state index in [4.69, 9.17) is 6.92 Å². The molecule has 1 atom stereocenters. The van der Waals surface area contributed by atoms with Gasteiger partial charge in [0.15, 0.2) is 0 Å². The summed E-state index contributed by atoms with van der Waals surface area (Å²) in [4.78, 5) is 11.6. The van der Waals surface area contributed by atoms with Gasteiger partial charge in [-0.05, 0) is 36.7 Å². The van der Waals surface area contributed by atoms with Gasteiger partial charge in [0.1, 0.15) is 5.78 Å². The zero-order valence-electron chi connectivity index (χ0n) is 10.5. The van der Waals surface area contributed by atoms with Crippen LogP contribution in [0.2, 0.25) is 0 Å². The summed E-state index contributed by atoms with van der Waals surface area (Å²) in [7, 11) is 1.79. The molecule has 0 heterocycles. The van der Waals surface area contributed by atoms with Gasteiger partial charge in [-0.1, -0.05) is 42.5 Å². The Morgan fingerprint density at radius 3 is 2.61 bits per heavy atom. The molecular weight excluding hydrogens is 222 g/mol. The summed E-state index contributed by atoms with van der Waals surface area (Å²) in [6, 6.07) is 14.3. The fourth-order valence-electron chi connectivity index (χ4n) is 2.12. The van der Waals surface area contributed by atoms with Gasteiger partial charge < -0.3 is 5.32 Å². The van der Waals surface area contributed by atoms with Crippen molar-refractivity contribution in [1.29, 1.82) is 0 Å². The van der Waals surface area contributed by atoms with E-state index in [1.165, 1.54) is 10.8 Å². The van der Waals surface area contributed by atoms with Crippen LogP contribution in [-0.4, -0.2) is 18.9 Å². The molecule has 2 nitrogen and oxygen atoms in total. The summed E-state index contributed by atoms with van der Waals surface area (Å²) in [5.41, 5.74) is 1.15. The van der Waals surface area contributed by atoms with Gasteiger partial charge in [-0.3, -0.25) is 4.79 Å². The number of benzene rings is 2. The van der Waals surface area contributed by atoms with Gasteiger partial charge in [-0.2, -0.15) is 0 Å². The highest BCUT2D eigenvalue weighted by Crippen LogP contribution is 2.17. The van der Waals surface area contributed by atoms with Crippen LogP contribution in [0.25, 0.3) is 10.8 Å². The molecule has 0 aliphatic heterocycles. The Labute approximate surface area is 108 Å². The van der Waals surface area contributed by atoms with Crippen LogP contribution in [-0.2, 0) is 11.2 Å². The second-order valence-corrected chi connectivity index (χ2v) is 4.40. The van der Waals surface area contributed by atoms with E-state index in [0.717, 1.165) is 5.56 Å². The van der Waals surface area contributed by atoms with E-state index in [0.29, 0.717) is 6.42 Å². The second-order valence-electron chi connectivity index (χ2n) is 4.40. The summed E-state index contributed by atoms with van der Waals surface area (Å²) in [5, 5.41) is 5.43. The lowest BCUT2D eigenvalue weighted by molar-refractivity contribution is -0.120. The minimum absolute atomic E-state index is 0.0469. The van der Waals surface area contributed by atoms with Gasteiger partial charge in [-0.15, -0.1) is 0 Å². The third-order valence-electron chi connectivity index (χ3n) is 3.19. The first-order chi connectivity index (χ1) is 8.74. The maximum Gasteiger partial charge on any atom is 0.150 e. The van der Waals surface area contributed by atoms with Crippen molar-refractivity contribution in [1.82, 2.24) is 5.32 Å². The normalized spacial score (nSPS) is 12.6. The van der Waals surface area contributed by atoms with Crippen LogP contribution >= 0.6 is 0 Å². The van der Waals surface area contributed by atoms with Gasteiger partial charge in [0, 0.05) is 6.42 Å². The van der Waals surface area contributed by atoms with E-state index in [1.54, 1.807) is 7.05 Å². The molecule has 18 heavy (non-hydrogen) atoms. The van der Waals surface area contributed by atoms with Crippen LogP contribution < -0.4 is 5.32 Å². The average Bonchev–Trinajstić information content (AvgIpc) is 2.43. The molecule has 1 N–H and O–H groups in total. The fraction of sp³-hybridized carbons (Fsp3) is 0.250. The molecule has 2 rings (SSSR count). The molecule has 2 heteroatoms. The van der Waals surface area contributed by atoms with Crippen LogP contribution in [0.1, 0.15) is 12.0 Å². The molecule has 2 aromatic carbocycles. The smallest absolute Gasteiger partial charge is 0.150 e. The molecule has 0 amide bonds. The van der Waals surface area contributed by atoms with E-state index >= 15 is 0 Å². The number of hydrogen-bond donors (Lipinski definition) is 1. The van der Waals surface area contributed by atoms with E-state index in [1.807, 2.05) is 12.1 Å². The number of rotatable bonds is 5. The van der Waals surface area contributed by atoms with Crippen LogP contribution in [0.15, 0.2) is 42.5 Å².